The molecule has 0 saturated carbocycles. The molecular weight excluding hydrogens is 590 g/mol. The predicted molar refractivity (Wildman–Crippen MR) is 169 cm³/mol. The number of methoxy groups -OCH3 is 2. The van der Waals surface area contributed by atoms with Crippen molar-refractivity contribution >= 4 is 39.1 Å². The van der Waals surface area contributed by atoms with Gasteiger partial charge in [-0.1, -0.05) is 48.4 Å². The average molecular weight is 630 g/mol. The van der Waals surface area contributed by atoms with Crippen LogP contribution in [0.5, 0.6) is 11.5 Å². The van der Waals surface area contributed by atoms with Crippen molar-refractivity contribution in [3.63, 3.8) is 0 Å². The normalized spacial score (nSPS) is 12.3. The number of benzene rings is 3. The highest BCUT2D eigenvalue weighted by Gasteiger charge is 2.35. The number of aryl methyl sites for hydroxylation is 1. The summed E-state index contributed by atoms with van der Waals surface area (Å²) in [5.41, 5.74) is 1.56. The van der Waals surface area contributed by atoms with Gasteiger partial charge in [-0.05, 0) is 76.1 Å². The minimum Gasteiger partial charge on any atom is -0.493 e. The van der Waals surface area contributed by atoms with E-state index in [0.29, 0.717) is 17.2 Å². The van der Waals surface area contributed by atoms with E-state index in [1.54, 1.807) is 12.1 Å². The van der Waals surface area contributed by atoms with Gasteiger partial charge in [-0.2, -0.15) is 0 Å². The van der Waals surface area contributed by atoms with E-state index in [1.165, 1.54) is 49.5 Å². The summed E-state index contributed by atoms with van der Waals surface area (Å²) in [6.07, 6.45) is 0.322. The lowest BCUT2D eigenvalue weighted by Gasteiger charge is -2.34. The Morgan fingerprint density at radius 3 is 2.07 bits per heavy atom. The summed E-state index contributed by atoms with van der Waals surface area (Å²) in [5, 5.41) is 3.37. The Bertz CT molecular complexity index is 1520. The van der Waals surface area contributed by atoms with E-state index in [2.05, 4.69) is 5.32 Å². The van der Waals surface area contributed by atoms with Crippen LogP contribution >= 0.6 is 11.6 Å². The van der Waals surface area contributed by atoms with Crippen molar-refractivity contribution in [3.8, 4) is 11.5 Å². The molecule has 0 aliphatic heterocycles. The molecule has 2 amide bonds. The van der Waals surface area contributed by atoms with E-state index in [9.17, 15) is 18.0 Å². The third-order valence-electron chi connectivity index (χ3n) is 6.69. The molecule has 0 aliphatic rings. The van der Waals surface area contributed by atoms with E-state index in [4.69, 9.17) is 21.1 Å². The highest BCUT2D eigenvalue weighted by atomic mass is 35.5. The predicted octanol–water partition coefficient (Wildman–Crippen LogP) is 5.58. The third-order valence-corrected chi connectivity index (χ3v) is 8.72. The second-order valence-corrected chi connectivity index (χ2v) is 13.5. The molecule has 3 rings (SSSR count). The third kappa shape index (κ3) is 8.64. The van der Waals surface area contributed by atoms with Crippen LogP contribution in [-0.4, -0.2) is 57.5 Å². The molecule has 0 fully saturated rings. The molecule has 43 heavy (non-hydrogen) atoms. The van der Waals surface area contributed by atoms with E-state index in [1.807, 2.05) is 58.9 Å². The molecule has 0 saturated heterocycles. The van der Waals surface area contributed by atoms with E-state index in [0.717, 1.165) is 15.4 Å². The Balaban J connectivity index is 2.10. The summed E-state index contributed by atoms with van der Waals surface area (Å²) in [5.74, 6) is -0.293. The molecule has 0 aromatic heterocycles. The number of rotatable bonds is 12. The van der Waals surface area contributed by atoms with Crippen molar-refractivity contribution in [2.75, 3.05) is 25.1 Å². The molecule has 0 heterocycles. The van der Waals surface area contributed by atoms with Gasteiger partial charge in [-0.25, -0.2) is 8.42 Å². The lowest BCUT2D eigenvalue weighted by atomic mass is 10.1. The second-order valence-electron chi connectivity index (χ2n) is 11.2. The molecule has 0 radical (unpaired) electrons. The molecule has 0 aliphatic carbocycles. The molecule has 232 valence electrons. The van der Waals surface area contributed by atoms with Gasteiger partial charge in [0.1, 0.15) is 12.6 Å². The van der Waals surface area contributed by atoms with Crippen LogP contribution in [0, 0.1) is 6.92 Å². The van der Waals surface area contributed by atoms with Crippen LogP contribution in [0.1, 0.15) is 45.2 Å². The lowest BCUT2D eigenvalue weighted by molar-refractivity contribution is -0.141. The summed E-state index contributed by atoms with van der Waals surface area (Å²) >= 11 is 6.11. The Labute approximate surface area is 259 Å². The van der Waals surface area contributed by atoms with Crippen LogP contribution in [0.25, 0.3) is 0 Å². The van der Waals surface area contributed by atoms with Crippen LogP contribution in [0.4, 0.5) is 5.69 Å². The number of carbonyl (C=O) groups excluding carboxylic acids is 2. The van der Waals surface area contributed by atoms with Gasteiger partial charge in [0, 0.05) is 23.2 Å². The van der Waals surface area contributed by atoms with Gasteiger partial charge >= 0.3 is 0 Å². The summed E-state index contributed by atoms with van der Waals surface area (Å²) in [7, 11) is -1.45. The van der Waals surface area contributed by atoms with Crippen LogP contribution in [-0.2, 0) is 26.2 Å². The summed E-state index contributed by atoms with van der Waals surface area (Å²) < 4.78 is 39.9. The first-order valence-electron chi connectivity index (χ1n) is 13.9. The van der Waals surface area contributed by atoms with Crippen molar-refractivity contribution in [1.82, 2.24) is 10.2 Å². The molecule has 1 atom stereocenters. The van der Waals surface area contributed by atoms with Gasteiger partial charge in [0.25, 0.3) is 10.0 Å². The topological polar surface area (TPSA) is 105 Å². The van der Waals surface area contributed by atoms with Gasteiger partial charge in [-0.15, -0.1) is 0 Å². The van der Waals surface area contributed by atoms with Crippen molar-refractivity contribution in [2.24, 2.45) is 0 Å². The summed E-state index contributed by atoms with van der Waals surface area (Å²) in [6.45, 7) is 8.91. The Morgan fingerprint density at radius 2 is 1.53 bits per heavy atom. The number of amides is 2. The standard InChI is InChI=1S/C32H40ClN3O6S/c1-8-27(31(38)34-32(3,4)5)35(20-23-11-9-22(2)10-12-23)30(37)21-36(25-15-13-24(33)14-16-25)43(39,40)26-17-18-28(41-6)29(19-26)42-7/h9-19,27H,8,20-21H2,1-7H3,(H,34,38)/t27-/m1/s1. The molecule has 3 aromatic carbocycles. The Hall–Kier alpha value is -3.76. The highest BCUT2D eigenvalue weighted by molar-refractivity contribution is 7.92. The number of ether oxygens (including phenoxy) is 2. The molecule has 11 heteroatoms. The number of carbonyl (C=O) groups is 2. The molecule has 9 nitrogen and oxygen atoms in total. The quantitative estimate of drug-likeness (QED) is 0.280. The monoisotopic (exact) mass is 629 g/mol. The number of anilines is 1. The molecule has 0 bridgehead atoms. The number of hydrogen-bond acceptors (Lipinski definition) is 6. The van der Waals surface area contributed by atoms with Gasteiger partial charge in [0.2, 0.25) is 11.8 Å². The largest absolute Gasteiger partial charge is 0.493 e. The minimum absolute atomic E-state index is 0.101. The Morgan fingerprint density at radius 1 is 0.930 bits per heavy atom. The molecule has 0 unspecified atom stereocenters. The van der Waals surface area contributed by atoms with Crippen LogP contribution in [0.2, 0.25) is 5.02 Å². The maximum absolute atomic E-state index is 14.2. The lowest BCUT2D eigenvalue weighted by Crippen LogP contribution is -2.55. The second kappa shape index (κ2) is 14.1. The molecule has 0 spiro atoms. The first kappa shape index (κ1) is 33.7. The number of sulfonamides is 1. The van der Waals surface area contributed by atoms with E-state index < -0.39 is 34.1 Å². The zero-order chi connectivity index (χ0) is 31.9. The molecule has 3 aromatic rings. The van der Waals surface area contributed by atoms with Crippen molar-refractivity contribution in [2.45, 2.75) is 64.1 Å². The molecular formula is C32H40ClN3O6S. The average Bonchev–Trinajstić information content (AvgIpc) is 2.95. The first-order chi connectivity index (χ1) is 20.2. The Kier molecular flexibility index (Phi) is 11.1. The SMILES string of the molecule is CC[C@H](C(=O)NC(C)(C)C)N(Cc1ccc(C)cc1)C(=O)CN(c1ccc(Cl)cc1)S(=O)(=O)c1ccc(OC)c(OC)c1. The van der Waals surface area contributed by atoms with E-state index in [-0.39, 0.29) is 28.8 Å². The number of nitrogens with one attached hydrogen (secondary N) is 1. The fourth-order valence-electron chi connectivity index (χ4n) is 4.50. The minimum atomic E-state index is -4.31. The smallest absolute Gasteiger partial charge is 0.264 e. The zero-order valence-corrected chi connectivity index (χ0v) is 27.3. The number of halogens is 1. The van der Waals surface area contributed by atoms with Crippen molar-refractivity contribution in [1.29, 1.82) is 0 Å². The number of nitrogens with zero attached hydrogens (tertiary/aromatic N) is 2. The van der Waals surface area contributed by atoms with Gasteiger partial charge in [-0.3, -0.25) is 13.9 Å². The van der Waals surface area contributed by atoms with Crippen LogP contribution < -0.4 is 19.1 Å². The highest BCUT2D eigenvalue weighted by Crippen LogP contribution is 2.33. The van der Waals surface area contributed by atoms with Gasteiger partial charge in [0.05, 0.1) is 24.8 Å². The van der Waals surface area contributed by atoms with Crippen LogP contribution in [0.3, 0.4) is 0 Å². The fraction of sp³-hybridized carbons (Fsp3) is 0.375. The van der Waals surface area contributed by atoms with Crippen molar-refractivity contribution < 1.29 is 27.5 Å². The first-order valence-corrected chi connectivity index (χ1v) is 15.7. The van der Waals surface area contributed by atoms with Gasteiger partial charge < -0.3 is 19.7 Å². The van der Waals surface area contributed by atoms with Crippen molar-refractivity contribution in [3.05, 3.63) is 82.9 Å². The van der Waals surface area contributed by atoms with Gasteiger partial charge in [0.15, 0.2) is 11.5 Å². The zero-order valence-electron chi connectivity index (χ0n) is 25.7. The fourth-order valence-corrected chi connectivity index (χ4v) is 6.06. The number of hydrogen-bond donors (Lipinski definition) is 1. The van der Waals surface area contributed by atoms with E-state index >= 15 is 0 Å². The maximum Gasteiger partial charge on any atom is 0.264 e. The molecule has 1 N–H and O–H groups in total. The maximum atomic E-state index is 14.2. The summed E-state index contributed by atoms with van der Waals surface area (Å²) in [6, 6.07) is 17.2. The summed E-state index contributed by atoms with van der Waals surface area (Å²) in [4.78, 5) is 29.0. The van der Waals surface area contributed by atoms with Crippen LogP contribution in [0.15, 0.2) is 71.6 Å².